The minimum Gasteiger partial charge on any atom is -0.314 e. The monoisotopic (exact) mass is 289 g/mol. The number of nitrogens with one attached hydrogen (secondary N) is 1. The van der Waals surface area contributed by atoms with Crippen LogP contribution >= 0.6 is 0 Å². The Morgan fingerprint density at radius 2 is 2.00 bits per heavy atom. The molecule has 1 heterocycles. The maximum atomic E-state index is 11.5. The van der Waals surface area contributed by atoms with Gasteiger partial charge in [0.2, 0.25) is 0 Å². The Morgan fingerprint density at radius 3 is 2.53 bits per heavy atom. The third-order valence-corrected chi connectivity index (χ3v) is 5.93. The maximum absolute atomic E-state index is 11.5. The molecule has 114 valence electrons. The zero-order chi connectivity index (χ0) is 14.3. The van der Waals surface area contributed by atoms with E-state index in [4.69, 9.17) is 0 Å². The second kappa shape index (κ2) is 8.25. The lowest BCUT2D eigenvalue weighted by Gasteiger charge is -2.24. The van der Waals surface area contributed by atoms with Crippen molar-refractivity contribution < 1.29 is 8.42 Å². The van der Waals surface area contributed by atoms with Gasteiger partial charge >= 0.3 is 0 Å². The van der Waals surface area contributed by atoms with Crippen LogP contribution in [0.15, 0.2) is 0 Å². The van der Waals surface area contributed by atoms with Crippen molar-refractivity contribution in [2.24, 2.45) is 11.8 Å². The van der Waals surface area contributed by atoms with Gasteiger partial charge in [-0.2, -0.15) is 0 Å². The molecule has 0 amide bonds. The lowest BCUT2D eigenvalue weighted by molar-refractivity contribution is 0.332. The van der Waals surface area contributed by atoms with E-state index in [-0.39, 0.29) is 0 Å². The highest BCUT2D eigenvalue weighted by Crippen LogP contribution is 2.25. The Bertz CT molecular complexity index is 340. The first-order valence-corrected chi connectivity index (χ1v) is 9.72. The van der Waals surface area contributed by atoms with Gasteiger partial charge in [0, 0.05) is 6.04 Å². The normalized spacial score (nSPS) is 25.3. The van der Waals surface area contributed by atoms with Gasteiger partial charge in [-0.15, -0.1) is 0 Å². The van der Waals surface area contributed by atoms with Crippen molar-refractivity contribution in [3.63, 3.8) is 0 Å². The van der Waals surface area contributed by atoms with Gasteiger partial charge in [-0.3, -0.25) is 0 Å². The zero-order valence-corrected chi connectivity index (χ0v) is 13.6. The van der Waals surface area contributed by atoms with Crippen LogP contribution < -0.4 is 5.32 Å². The summed E-state index contributed by atoms with van der Waals surface area (Å²) in [5.74, 6) is 1.94. The Kier molecular flexibility index (Phi) is 7.37. The molecule has 4 heteroatoms. The third-order valence-electron chi connectivity index (χ3n) is 4.10. The predicted octanol–water partition coefficient (Wildman–Crippen LogP) is 3.01. The fourth-order valence-corrected chi connectivity index (χ4v) is 5.05. The quantitative estimate of drug-likeness (QED) is 0.710. The van der Waals surface area contributed by atoms with E-state index < -0.39 is 9.84 Å². The van der Waals surface area contributed by atoms with Gasteiger partial charge in [0.25, 0.3) is 0 Å². The standard InChI is InChI=1S/C15H31NO2S/c1-4-6-13(3)10-15(16-8-5-2)11-14-7-9-19(17,18)12-14/h13-16H,4-12H2,1-3H3. The van der Waals surface area contributed by atoms with Crippen LogP contribution in [0.3, 0.4) is 0 Å². The molecule has 1 aliphatic heterocycles. The first-order valence-electron chi connectivity index (χ1n) is 7.90. The van der Waals surface area contributed by atoms with Crippen LogP contribution in [-0.2, 0) is 9.84 Å². The topological polar surface area (TPSA) is 46.2 Å². The highest BCUT2D eigenvalue weighted by atomic mass is 32.2. The number of hydrogen-bond donors (Lipinski definition) is 1. The fraction of sp³-hybridized carbons (Fsp3) is 1.00. The Balaban J connectivity index is 2.44. The van der Waals surface area contributed by atoms with Gasteiger partial charge in [-0.05, 0) is 44.1 Å². The minimum absolute atomic E-state index is 0.383. The largest absolute Gasteiger partial charge is 0.314 e. The van der Waals surface area contributed by atoms with Gasteiger partial charge < -0.3 is 5.32 Å². The lowest BCUT2D eigenvalue weighted by Crippen LogP contribution is -2.33. The molecule has 0 aromatic heterocycles. The highest BCUT2D eigenvalue weighted by molar-refractivity contribution is 7.91. The first-order chi connectivity index (χ1) is 8.96. The molecule has 0 spiro atoms. The molecule has 3 nitrogen and oxygen atoms in total. The second-order valence-electron chi connectivity index (χ2n) is 6.29. The maximum Gasteiger partial charge on any atom is 0.150 e. The average molecular weight is 289 g/mol. The summed E-state index contributed by atoms with van der Waals surface area (Å²) in [7, 11) is -2.73. The van der Waals surface area contributed by atoms with E-state index in [1.165, 1.54) is 19.3 Å². The van der Waals surface area contributed by atoms with Gasteiger partial charge in [-0.1, -0.05) is 33.6 Å². The summed E-state index contributed by atoms with van der Waals surface area (Å²) in [6, 6.07) is 0.500. The van der Waals surface area contributed by atoms with Gasteiger partial charge in [-0.25, -0.2) is 8.42 Å². The Labute approximate surface area is 119 Å². The summed E-state index contributed by atoms with van der Waals surface area (Å²) >= 11 is 0. The molecule has 1 saturated heterocycles. The molecule has 3 unspecified atom stereocenters. The van der Waals surface area contributed by atoms with Crippen LogP contribution in [-0.4, -0.2) is 32.5 Å². The van der Waals surface area contributed by atoms with Gasteiger partial charge in [0.1, 0.15) is 0 Å². The van der Waals surface area contributed by atoms with Crippen molar-refractivity contribution in [3.05, 3.63) is 0 Å². The summed E-state index contributed by atoms with van der Waals surface area (Å²) in [4.78, 5) is 0. The molecule has 0 aromatic carbocycles. The third kappa shape index (κ3) is 6.75. The van der Waals surface area contributed by atoms with Crippen molar-refractivity contribution in [1.29, 1.82) is 0 Å². The van der Waals surface area contributed by atoms with E-state index in [0.29, 0.717) is 23.5 Å². The smallest absolute Gasteiger partial charge is 0.150 e. The average Bonchev–Trinajstić information content (AvgIpc) is 2.66. The molecule has 19 heavy (non-hydrogen) atoms. The number of hydrogen-bond acceptors (Lipinski definition) is 3. The molecule has 0 radical (unpaired) electrons. The summed E-state index contributed by atoms with van der Waals surface area (Å²) in [5.41, 5.74) is 0. The minimum atomic E-state index is -2.73. The molecular weight excluding hydrogens is 258 g/mol. The van der Waals surface area contributed by atoms with Crippen LogP contribution in [0.25, 0.3) is 0 Å². The molecule has 0 aromatic rings. The summed E-state index contributed by atoms with van der Waals surface area (Å²) in [6.45, 7) is 7.77. The summed E-state index contributed by atoms with van der Waals surface area (Å²) in [6.07, 6.45) is 6.74. The number of rotatable bonds is 9. The predicted molar refractivity (Wildman–Crippen MR) is 82.1 cm³/mol. The first kappa shape index (κ1) is 17.0. The molecule has 1 fully saturated rings. The van der Waals surface area contributed by atoms with Crippen molar-refractivity contribution >= 4 is 9.84 Å². The molecule has 1 N–H and O–H groups in total. The van der Waals surface area contributed by atoms with Crippen LogP contribution in [0.4, 0.5) is 0 Å². The van der Waals surface area contributed by atoms with Crippen molar-refractivity contribution in [2.75, 3.05) is 18.1 Å². The van der Waals surface area contributed by atoms with Gasteiger partial charge in [0.05, 0.1) is 11.5 Å². The van der Waals surface area contributed by atoms with Crippen molar-refractivity contribution in [1.82, 2.24) is 5.32 Å². The van der Waals surface area contributed by atoms with Crippen LogP contribution in [0.1, 0.15) is 59.3 Å². The number of sulfone groups is 1. The van der Waals surface area contributed by atoms with Crippen LogP contribution in [0.2, 0.25) is 0 Å². The molecule has 0 aliphatic carbocycles. The van der Waals surface area contributed by atoms with E-state index in [1.54, 1.807) is 0 Å². The van der Waals surface area contributed by atoms with Gasteiger partial charge in [0.15, 0.2) is 9.84 Å². The van der Waals surface area contributed by atoms with Crippen molar-refractivity contribution in [2.45, 2.75) is 65.3 Å². The Hall–Kier alpha value is -0.0900. The van der Waals surface area contributed by atoms with Crippen molar-refractivity contribution in [3.8, 4) is 0 Å². The Morgan fingerprint density at radius 1 is 1.26 bits per heavy atom. The fourth-order valence-electron chi connectivity index (χ4n) is 3.17. The zero-order valence-electron chi connectivity index (χ0n) is 12.8. The van der Waals surface area contributed by atoms with E-state index in [2.05, 4.69) is 26.1 Å². The second-order valence-corrected chi connectivity index (χ2v) is 8.51. The lowest BCUT2D eigenvalue weighted by atomic mass is 9.90. The highest BCUT2D eigenvalue weighted by Gasteiger charge is 2.29. The van der Waals surface area contributed by atoms with E-state index >= 15 is 0 Å². The molecular formula is C15H31NO2S. The van der Waals surface area contributed by atoms with E-state index in [0.717, 1.165) is 31.7 Å². The van der Waals surface area contributed by atoms with Crippen LogP contribution in [0.5, 0.6) is 0 Å². The summed E-state index contributed by atoms with van der Waals surface area (Å²) in [5, 5.41) is 3.62. The van der Waals surface area contributed by atoms with E-state index in [9.17, 15) is 8.42 Å². The molecule has 0 bridgehead atoms. The molecule has 1 aliphatic rings. The summed E-state index contributed by atoms with van der Waals surface area (Å²) < 4.78 is 23.1. The molecule has 0 saturated carbocycles. The van der Waals surface area contributed by atoms with Crippen LogP contribution in [0, 0.1) is 11.8 Å². The molecule has 1 rings (SSSR count). The SMILES string of the molecule is CCCNC(CC(C)CCC)CC1CCS(=O)(=O)C1. The molecule has 3 atom stereocenters. The van der Waals surface area contributed by atoms with E-state index in [1.807, 2.05) is 0 Å².